The van der Waals surface area contributed by atoms with E-state index in [0.717, 1.165) is 18.8 Å². The predicted octanol–water partition coefficient (Wildman–Crippen LogP) is 1.11. The highest BCUT2D eigenvalue weighted by molar-refractivity contribution is 5.06. The first-order chi connectivity index (χ1) is 6.57. The second kappa shape index (κ2) is 3.35. The quantitative estimate of drug-likeness (QED) is 0.728. The van der Waals surface area contributed by atoms with Crippen LogP contribution in [0.25, 0.3) is 0 Å². The van der Waals surface area contributed by atoms with Crippen molar-refractivity contribution in [3.8, 4) is 0 Å². The molecule has 1 N–H and O–H groups in total. The maximum Gasteiger partial charge on any atom is 0.0871 e. The normalized spacial score (nSPS) is 22.9. The number of aromatic nitrogens is 3. The molecule has 0 aliphatic carbocycles. The van der Waals surface area contributed by atoms with Crippen LogP contribution in [0.4, 0.5) is 0 Å². The topological polar surface area (TPSA) is 42.7 Å². The lowest BCUT2D eigenvalue weighted by atomic mass is 10.1. The monoisotopic (exact) mass is 194 g/mol. The van der Waals surface area contributed by atoms with Crippen molar-refractivity contribution in [1.29, 1.82) is 0 Å². The summed E-state index contributed by atoms with van der Waals surface area (Å²) in [6, 6.07) is 0. The lowest BCUT2D eigenvalue weighted by Gasteiger charge is -2.17. The fourth-order valence-electron chi connectivity index (χ4n) is 1.70. The zero-order valence-corrected chi connectivity index (χ0v) is 9.12. The van der Waals surface area contributed by atoms with Crippen molar-refractivity contribution < 1.29 is 0 Å². The Balaban J connectivity index is 2.17. The molecular weight excluding hydrogens is 176 g/mol. The van der Waals surface area contributed by atoms with Crippen LogP contribution >= 0.6 is 0 Å². The van der Waals surface area contributed by atoms with Gasteiger partial charge in [0, 0.05) is 18.7 Å². The van der Waals surface area contributed by atoms with Gasteiger partial charge in [0.25, 0.3) is 0 Å². The molecule has 1 aromatic rings. The van der Waals surface area contributed by atoms with E-state index in [1.807, 2.05) is 4.68 Å². The molecule has 2 heterocycles. The Morgan fingerprint density at radius 1 is 1.50 bits per heavy atom. The summed E-state index contributed by atoms with van der Waals surface area (Å²) in [7, 11) is 0. The summed E-state index contributed by atoms with van der Waals surface area (Å²) in [6.07, 6.45) is 3.26. The first kappa shape index (κ1) is 9.65. The highest BCUT2D eigenvalue weighted by Crippen LogP contribution is 2.21. The summed E-state index contributed by atoms with van der Waals surface area (Å²) in [6.45, 7) is 8.56. The molecule has 0 aromatic carbocycles. The molecule has 0 amide bonds. The Labute approximate surface area is 84.7 Å². The minimum Gasteiger partial charge on any atom is -0.316 e. The summed E-state index contributed by atoms with van der Waals surface area (Å²) in [4.78, 5) is 0. The van der Waals surface area contributed by atoms with Crippen LogP contribution in [0.1, 0.15) is 38.8 Å². The fraction of sp³-hybridized carbons (Fsp3) is 0.800. The van der Waals surface area contributed by atoms with Crippen LogP contribution in [-0.4, -0.2) is 28.1 Å². The molecule has 1 fully saturated rings. The Morgan fingerprint density at radius 2 is 2.29 bits per heavy atom. The fourth-order valence-corrected chi connectivity index (χ4v) is 1.70. The Morgan fingerprint density at radius 3 is 2.79 bits per heavy atom. The summed E-state index contributed by atoms with van der Waals surface area (Å²) in [5.41, 5.74) is 1.17. The highest BCUT2D eigenvalue weighted by Gasteiger charge is 2.22. The van der Waals surface area contributed by atoms with E-state index >= 15 is 0 Å². The summed E-state index contributed by atoms with van der Waals surface area (Å²) in [5, 5.41) is 11.8. The average molecular weight is 194 g/mol. The third-order valence-electron chi connectivity index (χ3n) is 2.68. The third kappa shape index (κ3) is 1.80. The smallest absolute Gasteiger partial charge is 0.0871 e. The van der Waals surface area contributed by atoms with Crippen LogP contribution in [0, 0.1) is 0 Å². The van der Waals surface area contributed by atoms with E-state index in [9.17, 15) is 0 Å². The van der Waals surface area contributed by atoms with Crippen LogP contribution in [-0.2, 0) is 5.54 Å². The molecule has 0 radical (unpaired) electrons. The van der Waals surface area contributed by atoms with Gasteiger partial charge >= 0.3 is 0 Å². The molecule has 0 saturated carbocycles. The van der Waals surface area contributed by atoms with Crippen molar-refractivity contribution >= 4 is 0 Å². The lowest BCUT2D eigenvalue weighted by Crippen LogP contribution is -2.22. The van der Waals surface area contributed by atoms with Crippen LogP contribution < -0.4 is 5.32 Å². The van der Waals surface area contributed by atoms with E-state index in [1.165, 1.54) is 6.42 Å². The molecule has 2 rings (SSSR count). The van der Waals surface area contributed by atoms with Gasteiger partial charge in [-0.3, -0.25) is 0 Å². The van der Waals surface area contributed by atoms with Gasteiger partial charge in [-0.25, -0.2) is 4.68 Å². The summed E-state index contributed by atoms with van der Waals surface area (Å²) >= 11 is 0. The van der Waals surface area contributed by atoms with E-state index in [1.54, 1.807) is 0 Å². The van der Waals surface area contributed by atoms with E-state index in [2.05, 4.69) is 42.6 Å². The van der Waals surface area contributed by atoms with Crippen LogP contribution in [0.15, 0.2) is 6.20 Å². The van der Waals surface area contributed by atoms with Crippen LogP contribution in [0.5, 0.6) is 0 Å². The molecule has 1 unspecified atom stereocenters. The summed E-state index contributed by atoms with van der Waals surface area (Å²) < 4.78 is 1.95. The second-order valence-electron chi connectivity index (χ2n) is 4.95. The van der Waals surface area contributed by atoms with Gasteiger partial charge in [-0.1, -0.05) is 5.21 Å². The lowest BCUT2D eigenvalue weighted by molar-refractivity contribution is 0.347. The molecule has 14 heavy (non-hydrogen) atoms. The number of nitrogens with one attached hydrogen (secondary N) is 1. The molecule has 1 aliphatic heterocycles. The van der Waals surface area contributed by atoms with Gasteiger partial charge in [0.1, 0.15) is 0 Å². The van der Waals surface area contributed by atoms with Gasteiger partial charge in [-0.05, 0) is 33.7 Å². The van der Waals surface area contributed by atoms with E-state index in [4.69, 9.17) is 0 Å². The number of hydrogen-bond donors (Lipinski definition) is 1. The average Bonchev–Trinajstić information content (AvgIpc) is 2.73. The van der Waals surface area contributed by atoms with Crippen molar-refractivity contribution in [3.63, 3.8) is 0 Å². The molecule has 0 bridgehead atoms. The Bertz CT molecular complexity index is 304. The van der Waals surface area contributed by atoms with E-state index in [-0.39, 0.29) is 5.54 Å². The van der Waals surface area contributed by atoms with Crippen LogP contribution in [0.2, 0.25) is 0 Å². The van der Waals surface area contributed by atoms with E-state index < -0.39 is 0 Å². The molecular formula is C10H18N4. The minimum atomic E-state index is 0.0390. The molecule has 0 spiro atoms. The molecule has 4 nitrogen and oxygen atoms in total. The zero-order valence-electron chi connectivity index (χ0n) is 9.12. The SMILES string of the molecule is CC(C)(C)n1cc(C2CCNC2)nn1. The largest absolute Gasteiger partial charge is 0.316 e. The maximum absolute atomic E-state index is 4.24. The minimum absolute atomic E-state index is 0.0390. The standard InChI is InChI=1S/C10H18N4/c1-10(2,3)14-7-9(12-13-14)8-4-5-11-6-8/h7-8,11H,4-6H2,1-3H3. The van der Waals surface area contributed by atoms with Crippen molar-refractivity contribution in [1.82, 2.24) is 20.3 Å². The van der Waals surface area contributed by atoms with Gasteiger partial charge in [0.15, 0.2) is 0 Å². The van der Waals surface area contributed by atoms with Crippen molar-refractivity contribution in [2.75, 3.05) is 13.1 Å². The maximum atomic E-state index is 4.24. The van der Waals surface area contributed by atoms with Crippen molar-refractivity contribution in [2.24, 2.45) is 0 Å². The van der Waals surface area contributed by atoms with E-state index in [0.29, 0.717) is 5.92 Å². The highest BCUT2D eigenvalue weighted by atomic mass is 15.4. The Kier molecular flexibility index (Phi) is 2.31. The van der Waals surface area contributed by atoms with Gasteiger partial charge in [0.2, 0.25) is 0 Å². The number of hydrogen-bond acceptors (Lipinski definition) is 3. The number of nitrogens with zero attached hydrogens (tertiary/aromatic N) is 3. The molecule has 78 valence electrons. The first-order valence-corrected chi connectivity index (χ1v) is 5.21. The summed E-state index contributed by atoms with van der Waals surface area (Å²) in [5.74, 6) is 0.561. The second-order valence-corrected chi connectivity index (χ2v) is 4.95. The van der Waals surface area contributed by atoms with Crippen molar-refractivity contribution in [3.05, 3.63) is 11.9 Å². The molecule has 1 atom stereocenters. The zero-order chi connectivity index (χ0) is 10.2. The van der Waals surface area contributed by atoms with Crippen molar-refractivity contribution in [2.45, 2.75) is 38.6 Å². The number of rotatable bonds is 1. The molecule has 4 heteroatoms. The van der Waals surface area contributed by atoms with Gasteiger partial charge in [0.05, 0.1) is 11.2 Å². The van der Waals surface area contributed by atoms with Gasteiger partial charge in [-0.15, -0.1) is 5.10 Å². The first-order valence-electron chi connectivity index (χ1n) is 5.21. The Hall–Kier alpha value is -0.900. The van der Waals surface area contributed by atoms with Gasteiger partial charge < -0.3 is 5.32 Å². The van der Waals surface area contributed by atoms with Crippen LogP contribution in [0.3, 0.4) is 0 Å². The van der Waals surface area contributed by atoms with Gasteiger partial charge in [-0.2, -0.15) is 0 Å². The third-order valence-corrected chi connectivity index (χ3v) is 2.68. The molecule has 1 aromatic heterocycles. The molecule has 1 saturated heterocycles. The predicted molar refractivity (Wildman–Crippen MR) is 55.2 cm³/mol. The molecule has 1 aliphatic rings.